The first-order valence-electron chi connectivity index (χ1n) is 11.2. The smallest absolute Gasteiger partial charge is 0.387 e. The van der Waals surface area contributed by atoms with Crippen LogP contribution < -0.4 is 25.4 Å². The molecule has 3 rings (SSSR count). The van der Waals surface area contributed by atoms with Gasteiger partial charge in [0.15, 0.2) is 11.5 Å². The van der Waals surface area contributed by atoms with E-state index in [1.807, 2.05) is 0 Å². The summed E-state index contributed by atoms with van der Waals surface area (Å²) in [6.07, 6.45) is 4.27. The van der Waals surface area contributed by atoms with E-state index in [0.29, 0.717) is 11.4 Å². The summed E-state index contributed by atoms with van der Waals surface area (Å²) in [6.45, 7) is -1.86. The second-order valence-electron chi connectivity index (χ2n) is 7.88. The van der Waals surface area contributed by atoms with Crippen LogP contribution in [0.15, 0.2) is 42.5 Å². The van der Waals surface area contributed by atoms with E-state index in [2.05, 4.69) is 20.7 Å². The van der Waals surface area contributed by atoms with Gasteiger partial charge in [-0.25, -0.2) is 4.79 Å². The van der Waals surface area contributed by atoms with Gasteiger partial charge < -0.3 is 30.3 Å². The number of anilines is 2. The molecule has 3 N–H and O–H groups in total. The van der Waals surface area contributed by atoms with Crippen LogP contribution >= 0.6 is 0 Å². The number of carbonyl (C=O) groups is 3. The fourth-order valence-electron chi connectivity index (χ4n) is 3.58. The number of likely N-dealkylation sites (tertiary alicyclic amines) is 1. The Morgan fingerprint density at radius 3 is 2.14 bits per heavy atom. The maximum Gasteiger partial charge on any atom is 0.387 e. The van der Waals surface area contributed by atoms with Gasteiger partial charge in [0.05, 0.1) is 13.7 Å². The summed E-state index contributed by atoms with van der Waals surface area (Å²) in [5.74, 6) is -1.30. The minimum Gasteiger partial charge on any atom is -0.493 e. The van der Waals surface area contributed by atoms with Crippen LogP contribution in [0.3, 0.4) is 0 Å². The molecule has 1 aliphatic heterocycles. The number of halogens is 2. The number of nitrogens with zero attached hydrogens (tertiary/aromatic N) is 1. The fourth-order valence-corrected chi connectivity index (χ4v) is 3.58. The summed E-state index contributed by atoms with van der Waals surface area (Å²) in [7, 11) is 1.26. The predicted octanol–water partition coefficient (Wildman–Crippen LogP) is 4.07. The summed E-state index contributed by atoms with van der Waals surface area (Å²) in [5.41, 5.74) is 1.21. The van der Waals surface area contributed by atoms with Crippen molar-refractivity contribution in [1.82, 2.24) is 10.2 Å². The summed E-state index contributed by atoms with van der Waals surface area (Å²) < 4.78 is 34.2. The molecule has 1 heterocycles. The lowest BCUT2D eigenvalue weighted by Crippen LogP contribution is -2.35. The zero-order valence-electron chi connectivity index (χ0n) is 19.3. The SMILES string of the molecule is COc1cc(C(=O)NCC(=O)Nc2ccc(NC(=O)N3CCCCCC3)cc2)ccc1OC(F)F. The van der Waals surface area contributed by atoms with E-state index in [4.69, 9.17) is 4.74 Å². The minimum absolute atomic E-state index is 0.0366. The molecule has 35 heavy (non-hydrogen) atoms. The molecule has 11 heteroatoms. The number of amides is 4. The number of ether oxygens (including phenoxy) is 2. The van der Waals surface area contributed by atoms with Crippen LogP contribution in [-0.4, -0.2) is 56.1 Å². The molecule has 0 unspecified atom stereocenters. The lowest BCUT2D eigenvalue weighted by molar-refractivity contribution is -0.115. The van der Waals surface area contributed by atoms with E-state index >= 15 is 0 Å². The highest BCUT2D eigenvalue weighted by Crippen LogP contribution is 2.29. The van der Waals surface area contributed by atoms with Crippen LogP contribution in [0.1, 0.15) is 36.0 Å². The molecule has 0 bridgehead atoms. The first-order chi connectivity index (χ1) is 16.9. The molecule has 0 aliphatic carbocycles. The number of urea groups is 1. The zero-order valence-corrected chi connectivity index (χ0v) is 19.3. The molecule has 0 atom stereocenters. The zero-order chi connectivity index (χ0) is 25.2. The number of rotatable bonds is 8. The Bertz CT molecular complexity index is 1030. The number of benzene rings is 2. The Balaban J connectivity index is 1.48. The van der Waals surface area contributed by atoms with Crippen molar-refractivity contribution in [3.8, 4) is 11.5 Å². The topological polar surface area (TPSA) is 109 Å². The van der Waals surface area contributed by atoms with Gasteiger partial charge in [-0.15, -0.1) is 0 Å². The highest BCUT2D eigenvalue weighted by Gasteiger charge is 2.16. The maximum atomic E-state index is 12.4. The Labute approximate surface area is 201 Å². The third kappa shape index (κ3) is 7.83. The van der Waals surface area contributed by atoms with Gasteiger partial charge in [-0.3, -0.25) is 9.59 Å². The van der Waals surface area contributed by atoms with Gasteiger partial charge in [0, 0.05) is 30.0 Å². The van der Waals surface area contributed by atoms with Crippen molar-refractivity contribution in [1.29, 1.82) is 0 Å². The molecule has 1 saturated heterocycles. The van der Waals surface area contributed by atoms with Crippen LogP contribution in [0.2, 0.25) is 0 Å². The van der Waals surface area contributed by atoms with E-state index in [0.717, 1.165) is 38.8 Å². The quantitative estimate of drug-likeness (QED) is 0.517. The number of hydrogen-bond donors (Lipinski definition) is 3. The van der Waals surface area contributed by atoms with Gasteiger partial charge in [-0.2, -0.15) is 8.78 Å². The van der Waals surface area contributed by atoms with E-state index in [-0.39, 0.29) is 29.6 Å². The average molecular weight is 491 g/mol. The lowest BCUT2D eigenvalue weighted by atomic mass is 10.2. The number of hydrogen-bond acceptors (Lipinski definition) is 5. The molecule has 2 aromatic carbocycles. The number of carbonyl (C=O) groups excluding carboxylic acids is 3. The first-order valence-corrected chi connectivity index (χ1v) is 11.2. The standard InChI is InChI=1S/C24H28F2N4O5/c1-34-20-14-16(6-11-19(20)35-23(25)26)22(32)27-15-21(31)28-17-7-9-18(10-8-17)29-24(33)30-12-4-2-3-5-13-30/h6-11,14,23H,2-5,12-13,15H2,1H3,(H,27,32)(H,28,31)(H,29,33). The van der Waals surface area contributed by atoms with E-state index < -0.39 is 18.4 Å². The molecular weight excluding hydrogens is 462 g/mol. The van der Waals surface area contributed by atoms with Crippen LogP contribution in [-0.2, 0) is 4.79 Å². The molecule has 1 fully saturated rings. The molecule has 9 nitrogen and oxygen atoms in total. The second kappa shape index (κ2) is 12.5. The normalized spacial score (nSPS) is 13.5. The monoisotopic (exact) mass is 490 g/mol. The van der Waals surface area contributed by atoms with E-state index in [9.17, 15) is 23.2 Å². The van der Waals surface area contributed by atoms with Gasteiger partial charge in [0.2, 0.25) is 5.91 Å². The Kier molecular flexibility index (Phi) is 9.22. The highest BCUT2D eigenvalue weighted by molar-refractivity contribution is 5.99. The molecule has 0 radical (unpaired) electrons. The van der Waals surface area contributed by atoms with Crippen molar-refractivity contribution >= 4 is 29.2 Å². The molecule has 2 aromatic rings. The molecule has 4 amide bonds. The lowest BCUT2D eigenvalue weighted by Gasteiger charge is -2.20. The van der Waals surface area contributed by atoms with Gasteiger partial charge in [0.25, 0.3) is 5.91 Å². The molecule has 0 spiro atoms. The highest BCUT2D eigenvalue weighted by atomic mass is 19.3. The minimum atomic E-state index is -3.03. The van der Waals surface area contributed by atoms with E-state index in [1.165, 1.54) is 25.3 Å². The van der Waals surface area contributed by atoms with Gasteiger partial charge in [-0.05, 0) is 55.3 Å². The van der Waals surface area contributed by atoms with Crippen molar-refractivity contribution in [2.45, 2.75) is 32.3 Å². The number of methoxy groups -OCH3 is 1. The maximum absolute atomic E-state index is 12.4. The Hall–Kier alpha value is -3.89. The van der Waals surface area contributed by atoms with Crippen molar-refractivity contribution in [3.63, 3.8) is 0 Å². The van der Waals surface area contributed by atoms with Gasteiger partial charge in [0.1, 0.15) is 0 Å². The van der Waals surface area contributed by atoms with Crippen LogP contribution in [0.25, 0.3) is 0 Å². The summed E-state index contributed by atoms with van der Waals surface area (Å²) in [5, 5.41) is 7.96. The number of alkyl halides is 2. The van der Waals surface area contributed by atoms with Crippen molar-refractivity contribution in [2.75, 3.05) is 37.4 Å². The third-order valence-electron chi connectivity index (χ3n) is 5.36. The largest absolute Gasteiger partial charge is 0.493 e. The van der Waals surface area contributed by atoms with Crippen LogP contribution in [0.4, 0.5) is 25.0 Å². The fraction of sp³-hybridized carbons (Fsp3) is 0.375. The average Bonchev–Trinajstić information content (AvgIpc) is 3.13. The summed E-state index contributed by atoms with van der Waals surface area (Å²) in [4.78, 5) is 38.8. The first kappa shape index (κ1) is 25.7. The van der Waals surface area contributed by atoms with Crippen molar-refractivity contribution in [2.24, 2.45) is 0 Å². The summed E-state index contributed by atoms with van der Waals surface area (Å²) >= 11 is 0. The molecule has 0 aromatic heterocycles. The van der Waals surface area contributed by atoms with Crippen molar-refractivity contribution in [3.05, 3.63) is 48.0 Å². The van der Waals surface area contributed by atoms with Crippen molar-refractivity contribution < 1.29 is 32.6 Å². The van der Waals surface area contributed by atoms with Gasteiger partial charge >= 0.3 is 12.6 Å². The number of nitrogens with one attached hydrogen (secondary N) is 3. The molecule has 1 aliphatic rings. The molecule has 188 valence electrons. The predicted molar refractivity (Wildman–Crippen MR) is 126 cm³/mol. The Morgan fingerprint density at radius 1 is 0.914 bits per heavy atom. The van der Waals surface area contributed by atoms with Gasteiger partial charge in [-0.1, -0.05) is 12.8 Å². The molecular formula is C24H28F2N4O5. The van der Waals surface area contributed by atoms with Crippen LogP contribution in [0.5, 0.6) is 11.5 Å². The van der Waals surface area contributed by atoms with E-state index in [1.54, 1.807) is 29.2 Å². The Morgan fingerprint density at radius 2 is 1.54 bits per heavy atom. The molecule has 0 saturated carbocycles. The third-order valence-corrected chi connectivity index (χ3v) is 5.36. The summed E-state index contributed by atoms with van der Waals surface area (Å²) in [6, 6.07) is 10.2. The second-order valence-corrected chi connectivity index (χ2v) is 7.88. The van der Waals surface area contributed by atoms with Crippen LogP contribution in [0, 0.1) is 0 Å².